The maximum atomic E-state index is 12.8. The first-order valence-corrected chi connectivity index (χ1v) is 11.5. The molecule has 31 heavy (non-hydrogen) atoms. The van der Waals surface area contributed by atoms with Gasteiger partial charge in [0.2, 0.25) is 5.91 Å². The quantitative estimate of drug-likeness (QED) is 0.405. The van der Waals surface area contributed by atoms with E-state index >= 15 is 0 Å². The molecule has 2 aromatic carbocycles. The van der Waals surface area contributed by atoms with Crippen molar-refractivity contribution >= 4 is 46.2 Å². The fourth-order valence-electron chi connectivity index (χ4n) is 3.20. The highest BCUT2D eigenvalue weighted by Gasteiger charge is 2.31. The summed E-state index contributed by atoms with van der Waals surface area (Å²) in [5, 5.41) is 0. The Labute approximate surface area is 193 Å². The van der Waals surface area contributed by atoms with Crippen molar-refractivity contribution in [2.45, 2.75) is 26.3 Å². The van der Waals surface area contributed by atoms with Crippen LogP contribution >= 0.6 is 24.0 Å². The number of nitrogens with zero attached hydrogens (tertiary/aromatic N) is 2. The molecule has 2 aromatic rings. The van der Waals surface area contributed by atoms with Gasteiger partial charge in [-0.1, -0.05) is 66.4 Å². The predicted octanol–water partition coefficient (Wildman–Crippen LogP) is 4.73. The van der Waals surface area contributed by atoms with Crippen LogP contribution in [0.4, 0.5) is 0 Å². The molecule has 162 valence electrons. The topological polar surface area (TPSA) is 49.9 Å². The van der Waals surface area contributed by atoms with Crippen molar-refractivity contribution < 1.29 is 14.3 Å². The Kier molecular flexibility index (Phi) is 8.26. The second-order valence-corrected chi connectivity index (χ2v) is 8.85. The summed E-state index contributed by atoms with van der Waals surface area (Å²) < 4.78 is 5.98. The number of thiocarbonyl (C=S) groups is 1. The van der Waals surface area contributed by atoms with Gasteiger partial charge in [0.25, 0.3) is 5.91 Å². The van der Waals surface area contributed by atoms with E-state index in [9.17, 15) is 9.59 Å². The molecule has 0 unspecified atom stereocenters. The molecule has 0 aromatic heterocycles. The summed E-state index contributed by atoms with van der Waals surface area (Å²) in [4.78, 5) is 29.1. The molecule has 5 nitrogen and oxygen atoms in total. The van der Waals surface area contributed by atoms with Crippen molar-refractivity contribution in [3.63, 3.8) is 0 Å². The summed E-state index contributed by atoms with van der Waals surface area (Å²) in [7, 11) is 1.80. The lowest BCUT2D eigenvalue weighted by Crippen LogP contribution is -2.31. The summed E-state index contributed by atoms with van der Waals surface area (Å²) in [6.45, 7) is 3.57. The summed E-state index contributed by atoms with van der Waals surface area (Å²) >= 11 is 6.70. The van der Waals surface area contributed by atoms with Crippen LogP contribution in [0.15, 0.2) is 59.5 Å². The highest BCUT2D eigenvalue weighted by molar-refractivity contribution is 8.26. The highest BCUT2D eigenvalue weighted by atomic mass is 32.2. The van der Waals surface area contributed by atoms with Gasteiger partial charge in [0.05, 0.1) is 11.5 Å². The van der Waals surface area contributed by atoms with E-state index in [1.165, 1.54) is 11.8 Å². The van der Waals surface area contributed by atoms with Crippen LogP contribution in [0.5, 0.6) is 5.75 Å². The molecule has 0 radical (unpaired) electrons. The molecule has 1 aliphatic heterocycles. The minimum absolute atomic E-state index is 0.0548. The number of thioether (sulfide) groups is 1. The molecule has 3 rings (SSSR count). The van der Waals surface area contributed by atoms with Gasteiger partial charge in [-0.3, -0.25) is 14.5 Å². The zero-order valence-electron chi connectivity index (χ0n) is 17.7. The Morgan fingerprint density at radius 2 is 1.87 bits per heavy atom. The van der Waals surface area contributed by atoms with E-state index < -0.39 is 0 Å². The van der Waals surface area contributed by atoms with E-state index in [1.807, 2.05) is 67.6 Å². The van der Waals surface area contributed by atoms with Crippen LogP contribution in [0.25, 0.3) is 6.08 Å². The average Bonchev–Trinajstić information content (AvgIpc) is 3.03. The van der Waals surface area contributed by atoms with Gasteiger partial charge >= 0.3 is 0 Å². The second-order valence-electron chi connectivity index (χ2n) is 7.17. The lowest BCUT2D eigenvalue weighted by Gasteiger charge is -2.19. The Morgan fingerprint density at radius 3 is 2.55 bits per heavy atom. The minimum Gasteiger partial charge on any atom is -0.494 e. The van der Waals surface area contributed by atoms with Gasteiger partial charge < -0.3 is 9.64 Å². The summed E-state index contributed by atoms with van der Waals surface area (Å²) in [6, 6.07) is 17.5. The van der Waals surface area contributed by atoms with Gasteiger partial charge in [0.1, 0.15) is 10.1 Å². The number of hydrogen-bond donors (Lipinski definition) is 0. The van der Waals surface area contributed by atoms with Crippen molar-refractivity contribution in [3.05, 3.63) is 70.6 Å². The van der Waals surface area contributed by atoms with Gasteiger partial charge in [-0.25, -0.2) is 0 Å². The van der Waals surface area contributed by atoms with Gasteiger partial charge in [-0.15, -0.1) is 0 Å². The van der Waals surface area contributed by atoms with Crippen LogP contribution in [0.1, 0.15) is 30.9 Å². The molecule has 0 bridgehead atoms. The van der Waals surface area contributed by atoms with Crippen molar-refractivity contribution in [1.82, 2.24) is 9.80 Å². The highest BCUT2D eigenvalue weighted by Crippen LogP contribution is 2.33. The van der Waals surface area contributed by atoms with Crippen LogP contribution in [0, 0.1) is 0 Å². The Hall–Kier alpha value is -2.64. The molecule has 0 N–H and O–H groups in total. The first kappa shape index (κ1) is 23.0. The van der Waals surface area contributed by atoms with Crippen LogP contribution in [-0.2, 0) is 16.1 Å². The number of benzene rings is 2. The monoisotopic (exact) mass is 454 g/mol. The van der Waals surface area contributed by atoms with Gasteiger partial charge in [-0.05, 0) is 42.7 Å². The SMILES string of the molecule is CCOc1ccc(/C=C2\SC(=S)N(CCCC(=O)N(C)Cc3ccccc3)C2=O)cc1. The van der Waals surface area contributed by atoms with E-state index in [2.05, 4.69) is 0 Å². The Morgan fingerprint density at radius 1 is 1.16 bits per heavy atom. The smallest absolute Gasteiger partial charge is 0.266 e. The third-order valence-corrected chi connectivity index (χ3v) is 6.20. The third-order valence-electron chi connectivity index (χ3n) is 4.82. The molecule has 2 amide bonds. The zero-order chi connectivity index (χ0) is 22.2. The fourth-order valence-corrected chi connectivity index (χ4v) is 4.50. The van der Waals surface area contributed by atoms with E-state index in [0.717, 1.165) is 16.9 Å². The molecular formula is C24H26N2O3S2. The van der Waals surface area contributed by atoms with Gasteiger partial charge in [0.15, 0.2) is 0 Å². The summed E-state index contributed by atoms with van der Waals surface area (Å²) in [5.41, 5.74) is 2.01. The number of amides is 2. The fraction of sp³-hybridized carbons (Fsp3) is 0.292. The standard InChI is InChI=1S/C24H26N2O3S2/c1-3-29-20-13-11-18(12-14-20)16-21-23(28)26(24(30)31-21)15-7-10-22(27)25(2)17-19-8-5-4-6-9-19/h4-6,8-9,11-14,16H,3,7,10,15,17H2,1-2H3/b21-16-. The number of ether oxygens (including phenoxy) is 1. The first-order valence-electron chi connectivity index (χ1n) is 10.2. The largest absolute Gasteiger partial charge is 0.494 e. The molecule has 1 fully saturated rings. The molecule has 0 spiro atoms. The second kappa shape index (κ2) is 11.1. The number of carbonyl (C=O) groups is 2. The molecule has 7 heteroatoms. The summed E-state index contributed by atoms with van der Waals surface area (Å²) in [6.07, 6.45) is 2.78. The van der Waals surface area contributed by atoms with Crippen molar-refractivity contribution in [2.24, 2.45) is 0 Å². The lowest BCUT2D eigenvalue weighted by atomic mass is 10.2. The molecule has 1 saturated heterocycles. The van der Waals surface area contributed by atoms with E-state index in [1.54, 1.807) is 16.8 Å². The first-order chi connectivity index (χ1) is 15.0. The Bertz CT molecular complexity index is 959. The van der Waals surface area contributed by atoms with Crippen LogP contribution in [0.2, 0.25) is 0 Å². The number of carbonyl (C=O) groups excluding carboxylic acids is 2. The van der Waals surface area contributed by atoms with Crippen LogP contribution in [-0.4, -0.2) is 46.1 Å². The molecule has 1 heterocycles. The maximum Gasteiger partial charge on any atom is 0.266 e. The number of hydrogen-bond acceptors (Lipinski definition) is 5. The Balaban J connectivity index is 1.51. The van der Waals surface area contributed by atoms with Gasteiger partial charge in [-0.2, -0.15) is 0 Å². The molecule has 0 saturated carbocycles. The van der Waals surface area contributed by atoms with Crippen molar-refractivity contribution in [1.29, 1.82) is 0 Å². The van der Waals surface area contributed by atoms with Crippen molar-refractivity contribution in [2.75, 3.05) is 20.2 Å². The summed E-state index contributed by atoms with van der Waals surface area (Å²) in [5.74, 6) is 0.752. The van der Waals surface area contributed by atoms with E-state index in [4.69, 9.17) is 17.0 Å². The molecule has 0 aliphatic carbocycles. The predicted molar refractivity (Wildman–Crippen MR) is 130 cm³/mol. The van der Waals surface area contributed by atoms with Crippen LogP contribution < -0.4 is 4.74 Å². The lowest BCUT2D eigenvalue weighted by molar-refractivity contribution is -0.131. The van der Waals surface area contributed by atoms with E-state index in [0.29, 0.717) is 41.8 Å². The zero-order valence-corrected chi connectivity index (χ0v) is 19.4. The maximum absolute atomic E-state index is 12.8. The number of rotatable bonds is 9. The normalized spacial score (nSPS) is 14.9. The van der Waals surface area contributed by atoms with Crippen LogP contribution in [0.3, 0.4) is 0 Å². The third kappa shape index (κ3) is 6.42. The minimum atomic E-state index is -0.103. The molecular weight excluding hydrogens is 428 g/mol. The van der Waals surface area contributed by atoms with Crippen molar-refractivity contribution in [3.8, 4) is 5.75 Å². The average molecular weight is 455 g/mol. The van der Waals surface area contributed by atoms with Gasteiger partial charge in [0, 0.05) is 26.6 Å². The molecule has 0 atom stereocenters. The van der Waals surface area contributed by atoms with E-state index in [-0.39, 0.29) is 11.8 Å². The molecule has 1 aliphatic rings.